The van der Waals surface area contributed by atoms with Crippen molar-refractivity contribution in [3.63, 3.8) is 0 Å². The number of aliphatic hydroxyl groups is 1. The van der Waals surface area contributed by atoms with Gasteiger partial charge in [0, 0.05) is 6.54 Å². The van der Waals surface area contributed by atoms with Gasteiger partial charge < -0.3 is 14.7 Å². The van der Waals surface area contributed by atoms with Gasteiger partial charge in [-0.25, -0.2) is 4.79 Å². The SMILES string of the molecule is Cc1ccc(C)c(OC[C@@H](O)CN2C(=O)[C@@H]3CCCN3C2=O)c1C. The zero-order valence-corrected chi connectivity index (χ0v) is 14.4. The van der Waals surface area contributed by atoms with E-state index in [-0.39, 0.29) is 31.1 Å². The fourth-order valence-corrected chi connectivity index (χ4v) is 3.44. The number of rotatable bonds is 5. The van der Waals surface area contributed by atoms with Crippen LogP contribution in [-0.4, -0.2) is 58.7 Å². The number of hydrogen-bond donors (Lipinski definition) is 1. The van der Waals surface area contributed by atoms with Crippen LogP contribution in [0.1, 0.15) is 29.5 Å². The highest BCUT2D eigenvalue weighted by atomic mass is 16.5. The summed E-state index contributed by atoms with van der Waals surface area (Å²) in [5, 5.41) is 10.2. The Morgan fingerprint density at radius 3 is 2.67 bits per heavy atom. The van der Waals surface area contributed by atoms with Crippen LogP contribution >= 0.6 is 0 Å². The van der Waals surface area contributed by atoms with Crippen LogP contribution in [-0.2, 0) is 4.79 Å². The number of β-amino-alcohol motifs (C(OH)–C–C–N with tert-alkyl or cyclic N) is 1. The maximum atomic E-state index is 12.3. The zero-order valence-electron chi connectivity index (χ0n) is 14.4. The van der Waals surface area contributed by atoms with Crippen LogP contribution in [0.4, 0.5) is 4.79 Å². The topological polar surface area (TPSA) is 70.1 Å². The molecule has 0 saturated carbocycles. The molecule has 2 heterocycles. The van der Waals surface area contributed by atoms with Gasteiger partial charge in [-0.05, 0) is 50.3 Å². The Morgan fingerprint density at radius 2 is 1.96 bits per heavy atom. The highest BCUT2D eigenvalue weighted by Gasteiger charge is 2.47. The number of amides is 3. The summed E-state index contributed by atoms with van der Waals surface area (Å²) in [5.41, 5.74) is 3.16. The number of carbonyl (C=O) groups is 2. The van der Waals surface area contributed by atoms with Gasteiger partial charge in [0.05, 0.1) is 6.54 Å². The fourth-order valence-electron chi connectivity index (χ4n) is 3.44. The number of carbonyl (C=O) groups excluding carboxylic acids is 2. The maximum absolute atomic E-state index is 12.3. The Hall–Kier alpha value is -2.08. The van der Waals surface area contributed by atoms with E-state index in [1.54, 1.807) is 4.90 Å². The number of fused-ring (bicyclic) bond motifs is 1. The zero-order chi connectivity index (χ0) is 17.4. The molecular formula is C18H24N2O4. The molecule has 2 atom stereocenters. The van der Waals surface area contributed by atoms with E-state index < -0.39 is 6.10 Å². The molecule has 3 amide bonds. The molecular weight excluding hydrogens is 308 g/mol. The normalized spacial score (nSPS) is 21.4. The molecule has 6 nitrogen and oxygen atoms in total. The second-order valence-electron chi connectivity index (χ2n) is 6.70. The number of urea groups is 1. The van der Waals surface area contributed by atoms with Crippen LogP contribution in [0.3, 0.4) is 0 Å². The summed E-state index contributed by atoms with van der Waals surface area (Å²) in [6, 6.07) is 3.39. The maximum Gasteiger partial charge on any atom is 0.327 e. The molecule has 0 spiro atoms. The van der Waals surface area contributed by atoms with Crippen molar-refractivity contribution in [2.75, 3.05) is 19.7 Å². The van der Waals surface area contributed by atoms with Gasteiger partial charge in [-0.3, -0.25) is 9.69 Å². The second kappa shape index (κ2) is 6.43. The molecule has 0 aliphatic carbocycles. The van der Waals surface area contributed by atoms with Crippen LogP contribution in [0.15, 0.2) is 12.1 Å². The molecule has 130 valence electrons. The summed E-state index contributed by atoms with van der Waals surface area (Å²) in [6.07, 6.45) is 0.681. The van der Waals surface area contributed by atoms with E-state index in [0.29, 0.717) is 6.54 Å². The van der Waals surface area contributed by atoms with Crippen LogP contribution in [0, 0.1) is 20.8 Å². The first-order valence-electron chi connectivity index (χ1n) is 8.39. The number of aryl methyl sites for hydroxylation is 2. The van der Waals surface area contributed by atoms with Gasteiger partial charge in [-0.15, -0.1) is 0 Å². The third-order valence-electron chi connectivity index (χ3n) is 4.97. The van der Waals surface area contributed by atoms with E-state index in [1.807, 2.05) is 32.9 Å². The lowest BCUT2D eigenvalue weighted by molar-refractivity contribution is -0.129. The Labute approximate surface area is 142 Å². The minimum absolute atomic E-state index is 0.0193. The predicted octanol–water partition coefficient (Wildman–Crippen LogP) is 1.78. The van der Waals surface area contributed by atoms with E-state index >= 15 is 0 Å². The van der Waals surface area contributed by atoms with Crippen molar-refractivity contribution in [1.82, 2.24) is 9.80 Å². The largest absolute Gasteiger partial charge is 0.490 e. The first kappa shape index (κ1) is 16.8. The third kappa shape index (κ3) is 2.86. The molecule has 2 aliphatic heterocycles. The van der Waals surface area contributed by atoms with Crippen LogP contribution < -0.4 is 4.74 Å². The van der Waals surface area contributed by atoms with Gasteiger partial charge in [-0.2, -0.15) is 0 Å². The van der Waals surface area contributed by atoms with Crippen LogP contribution in [0.25, 0.3) is 0 Å². The molecule has 2 aliphatic rings. The summed E-state index contributed by atoms with van der Waals surface area (Å²) in [5.74, 6) is 0.563. The fraction of sp³-hybridized carbons (Fsp3) is 0.556. The Balaban J connectivity index is 1.61. The lowest BCUT2D eigenvalue weighted by Gasteiger charge is -2.21. The minimum atomic E-state index is -0.905. The quantitative estimate of drug-likeness (QED) is 0.835. The summed E-state index contributed by atoms with van der Waals surface area (Å²) >= 11 is 0. The van der Waals surface area contributed by atoms with E-state index in [0.717, 1.165) is 40.2 Å². The molecule has 2 saturated heterocycles. The molecule has 3 rings (SSSR count). The van der Waals surface area contributed by atoms with Crippen LogP contribution in [0.5, 0.6) is 5.75 Å². The molecule has 24 heavy (non-hydrogen) atoms. The van der Waals surface area contributed by atoms with Gasteiger partial charge >= 0.3 is 6.03 Å². The van der Waals surface area contributed by atoms with Gasteiger partial charge in [0.25, 0.3) is 5.91 Å². The van der Waals surface area contributed by atoms with E-state index in [9.17, 15) is 14.7 Å². The molecule has 1 N–H and O–H groups in total. The van der Waals surface area contributed by atoms with Gasteiger partial charge in [0.15, 0.2) is 0 Å². The van der Waals surface area contributed by atoms with Gasteiger partial charge in [0.2, 0.25) is 0 Å². The van der Waals surface area contributed by atoms with E-state index in [2.05, 4.69) is 0 Å². The molecule has 0 unspecified atom stereocenters. The molecule has 0 aromatic heterocycles. The summed E-state index contributed by atoms with van der Waals surface area (Å²) in [6.45, 7) is 6.59. The minimum Gasteiger partial charge on any atom is -0.490 e. The monoisotopic (exact) mass is 332 g/mol. The molecule has 1 aromatic rings. The molecule has 6 heteroatoms. The number of imide groups is 1. The van der Waals surface area contributed by atoms with Crippen molar-refractivity contribution in [2.24, 2.45) is 0 Å². The van der Waals surface area contributed by atoms with Crippen LogP contribution in [0.2, 0.25) is 0 Å². The van der Waals surface area contributed by atoms with Crippen molar-refractivity contribution in [2.45, 2.75) is 45.8 Å². The van der Waals surface area contributed by atoms with E-state index in [4.69, 9.17) is 4.74 Å². The molecule has 1 aromatic carbocycles. The highest BCUT2D eigenvalue weighted by Crippen LogP contribution is 2.28. The summed E-state index contributed by atoms with van der Waals surface area (Å²) in [4.78, 5) is 27.3. The number of ether oxygens (including phenoxy) is 1. The number of hydrogen-bond acceptors (Lipinski definition) is 4. The van der Waals surface area contributed by atoms with Crippen molar-refractivity contribution in [3.8, 4) is 5.75 Å². The number of nitrogens with zero attached hydrogens (tertiary/aromatic N) is 2. The second-order valence-corrected chi connectivity index (χ2v) is 6.70. The lowest BCUT2D eigenvalue weighted by Crippen LogP contribution is -2.41. The molecule has 0 bridgehead atoms. The average molecular weight is 332 g/mol. The Morgan fingerprint density at radius 1 is 1.25 bits per heavy atom. The van der Waals surface area contributed by atoms with Gasteiger partial charge in [-0.1, -0.05) is 12.1 Å². The van der Waals surface area contributed by atoms with Gasteiger partial charge in [0.1, 0.15) is 24.5 Å². The van der Waals surface area contributed by atoms with Crippen molar-refractivity contribution in [3.05, 3.63) is 28.8 Å². The molecule has 0 radical (unpaired) electrons. The van der Waals surface area contributed by atoms with Crippen molar-refractivity contribution < 1.29 is 19.4 Å². The van der Waals surface area contributed by atoms with Crippen molar-refractivity contribution >= 4 is 11.9 Å². The summed E-state index contributed by atoms with van der Waals surface area (Å²) < 4.78 is 5.77. The smallest absolute Gasteiger partial charge is 0.327 e. The molecule has 2 fully saturated rings. The standard InChI is InChI=1S/C18H24N2O4/c1-11-6-7-12(2)16(13(11)3)24-10-14(21)9-20-17(22)15-5-4-8-19(15)18(20)23/h6-7,14-15,21H,4-5,8-10H2,1-3H3/t14-,15-/m0/s1. The number of benzene rings is 1. The third-order valence-corrected chi connectivity index (χ3v) is 4.97. The Kier molecular flexibility index (Phi) is 4.49. The lowest BCUT2D eigenvalue weighted by atomic mass is 10.1. The first-order chi connectivity index (χ1) is 11.4. The Bertz CT molecular complexity index is 651. The number of aliphatic hydroxyl groups excluding tert-OH is 1. The summed E-state index contributed by atoms with van der Waals surface area (Å²) in [7, 11) is 0. The van der Waals surface area contributed by atoms with E-state index in [1.165, 1.54) is 0 Å². The predicted molar refractivity (Wildman–Crippen MR) is 89.0 cm³/mol. The first-order valence-corrected chi connectivity index (χ1v) is 8.39. The average Bonchev–Trinajstić information content (AvgIpc) is 3.11. The highest BCUT2D eigenvalue weighted by molar-refractivity contribution is 6.04. The van der Waals surface area contributed by atoms with Crippen molar-refractivity contribution in [1.29, 1.82) is 0 Å².